The Morgan fingerprint density at radius 1 is 1.12 bits per heavy atom. The number of carbonyl (C=O) groups excluding carboxylic acids is 2. The molecule has 1 aromatic heterocycles. The van der Waals surface area contributed by atoms with Crippen molar-refractivity contribution in [1.29, 1.82) is 0 Å². The molecule has 0 atom stereocenters. The van der Waals surface area contributed by atoms with Crippen LogP contribution in [0.25, 0.3) is 0 Å². The van der Waals surface area contributed by atoms with E-state index in [1.54, 1.807) is 18.3 Å². The first-order chi connectivity index (χ1) is 15.9. The molecular weight excluding hydrogens is 454 g/mol. The van der Waals surface area contributed by atoms with Gasteiger partial charge in [-0.25, -0.2) is 9.78 Å². The van der Waals surface area contributed by atoms with Gasteiger partial charge in [-0.3, -0.25) is 10.1 Å². The summed E-state index contributed by atoms with van der Waals surface area (Å²) in [5, 5.41) is 3.80. The van der Waals surface area contributed by atoms with Crippen molar-refractivity contribution in [2.45, 2.75) is 82.5 Å². The minimum Gasteiger partial charge on any atom is -0.343 e. The Labute approximate surface area is 207 Å². The van der Waals surface area contributed by atoms with Crippen molar-refractivity contribution in [2.24, 2.45) is 5.92 Å². The number of rotatable bonds is 9. The number of hydrogen-bond acceptors (Lipinski definition) is 6. The Kier molecular flexibility index (Phi) is 10.3. The van der Waals surface area contributed by atoms with Crippen LogP contribution in [0, 0.1) is 5.92 Å². The molecule has 1 saturated carbocycles. The molecule has 0 bridgehead atoms. The van der Waals surface area contributed by atoms with Crippen LogP contribution in [-0.4, -0.2) is 82.2 Å². The van der Waals surface area contributed by atoms with E-state index in [1.807, 2.05) is 22.9 Å². The Bertz CT molecular complexity index is 754. The lowest BCUT2D eigenvalue weighted by atomic mass is 9.85. The summed E-state index contributed by atoms with van der Waals surface area (Å²) in [4.78, 5) is 36.2. The molecule has 2 heterocycles. The molecule has 1 aromatic rings. The van der Waals surface area contributed by atoms with Crippen LogP contribution in [0.1, 0.15) is 66.2 Å². The molecule has 1 saturated heterocycles. The number of aromatic nitrogens is 1. The first-order valence-electron chi connectivity index (χ1n) is 12.6. The second-order valence-electron chi connectivity index (χ2n) is 9.35. The molecular formula is C24H41N5O2S2. The highest BCUT2D eigenvalue weighted by Gasteiger charge is 2.35. The summed E-state index contributed by atoms with van der Waals surface area (Å²) < 4.78 is 1.14. The fourth-order valence-corrected chi connectivity index (χ4v) is 6.90. The number of anilines is 1. The maximum absolute atomic E-state index is 13.5. The number of piperidine rings is 1. The fourth-order valence-electron chi connectivity index (χ4n) is 4.96. The number of nitrogens with zero attached hydrogens (tertiary/aromatic N) is 4. The Morgan fingerprint density at radius 2 is 1.76 bits per heavy atom. The smallest absolute Gasteiger partial charge is 0.324 e. The summed E-state index contributed by atoms with van der Waals surface area (Å²) in [6, 6.07) is 0.435. The monoisotopic (exact) mass is 495 g/mol. The summed E-state index contributed by atoms with van der Waals surface area (Å²) in [6.45, 7) is 13.0. The number of likely N-dealkylation sites (tertiary alicyclic amines) is 1. The zero-order valence-corrected chi connectivity index (χ0v) is 22.3. The molecule has 9 heteroatoms. The molecule has 0 aromatic carbocycles. The van der Waals surface area contributed by atoms with Crippen molar-refractivity contribution < 1.29 is 9.59 Å². The number of nitrogens with one attached hydrogen (secondary N) is 1. The SMILES string of the molecule is CCN(CC)CCSc1cnc(NC(=O)N(C2CCN(C(C)=O)CC2)[C@H]2CC[C@H](C)CC2)s1. The first kappa shape index (κ1) is 26.3. The molecule has 2 aliphatic rings. The predicted molar refractivity (Wildman–Crippen MR) is 138 cm³/mol. The van der Waals surface area contributed by atoms with Gasteiger partial charge in [-0.2, -0.15) is 0 Å². The van der Waals surface area contributed by atoms with E-state index in [0.717, 1.165) is 74.3 Å². The quantitative estimate of drug-likeness (QED) is 0.488. The summed E-state index contributed by atoms with van der Waals surface area (Å²) in [7, 11) is 0. The molecule has 7 nitrogen and oxygen atoms in total. The number of thiazole rings is 1. The van der Waals surface area contributed by atoms with E-state index in [-0.39, 0.29) is 24.0 Å². The number of carbonyl (C=O) groups is 2. The topological polar surface area (TPSA) is 68.8 Å². The van der Waals surface area contributed by atoms with E-state index in [9.17, 15) is 9.59 Å². The highest BCUT2D eigenvalue weighted by atomic mass is 32.2. The van der Waals surface area contributed by atoms with Gasteiger partial charge in [-0.15, -0.1) is 11.8 Å². The molecule has 2 fully saturated rings. The minimum atomic E-state index is -0.0233. The zero-order chi connectivity index (χ0) is 23.8. The van der Waals surface area contributed by atoms with Crippen LogP contribution in [0.3, 0.4) is 0 Å². The molecule has 33 heavy (non-hydrogen) atoms. The van der Waals surface area contributed by atoms with Gasteiger partial charge in [0.05, 0.1) is 10.4 Å². The Morgan fingerprint density at radius 3 is 2.36 bits per heavy atom. The molecule has 0 unspecified atom stereocenters. The predicted octanol–water partition coefficient (Wildman–Crippen LogP) is 5.00. The molecule has 3 amide bonds. The van der Waals surface area contributed by atoms with E-state index in [2.05, 4.69) is 40.9 Å². The second-order valence-corrected chi connectivity index (χ2v) is 11.8. The van der Waals surface area contributed by atoms with Crippen LogP contribution >= 0.6 is 23.1 Å². The number of hydrogen-bond donors (Lipinski definition) is 1. The van der Waals surface area contributed by atoms with Gasteiger partial charge in [0.15, 0.2) is 5.13 Å². The first-order valence-corrected chi connectivity index (χ1v) is 14.4. The maximum atomic E-state index is 13.5. The van der Waals surface area contributed by atoms with Gasteiger partial charge in [0.25, 0.3) is 0 Å². The van der Waals surface area contributed by atoms with Gasteiger partial charge in [0.1, 0.15) is 0 Å². The van der Waals surface area contributed by atoms with Gasteiger partial charge in [0.2, 0.25) is 5.91 Å². The third-order valence-corrected chi connectivity index (χ3v) is 9.25. The van der Waals surface area contributed by atoms with Crippen molar-refractivity contribution in [1.82, 2.24) is 19.7 Å². The average molecular weight is 496 g/mol. The Hall–Kier alpha value is -1.32. The third kappa shape index (κ3) is 7.59. The molecule has 3 rings (SSSR count). The van der Waals surface area contributed by atoms with Crippen LogP contribution in [-0.2, 0) is 4.79 Å². The highest BCUT2D eigenvalue weighted by Crippen LogP contribution is 2.33. The number of urea groups is 1. The van der Waals surface area contributed by atoms with Crippen molar-refractivity contribution >= 4 is 40.2 Å². The Balaban J connectivity index is 1.60. The lowest BCUT2D eigenvalue weighted by Gasteiger charge is -2.44. The van der Waals surface area contributed by atoms with E-state index in [0.29, 0.717) is 5.13 Å². The van der Waals surface area contributed by atoms with E-state index in [1.165, 1.54) is 12.8 Å². The van der Waals surface area contributed by atoms with E-state index < -0.39 is 0 Å². The molecule has 1 aliphatic carbocycles. The summed E-state index contributed by atoms with van der Waals surface area (Å²) >= 11 is 3.37. The molecule has 186 valence electrons. The lowest BCUT2D eigenvalue weighted by Crippen LogP contribution is -2.54. The van der Waals surface area contributed by atoms with Gasteiger partial charge >= 0.3 is 6.03 Å². The van der Waals surface area contributed by atoms with Crippen LogP contribution in [0.15, 0.2) is 10.4 Å². The van der Waals surface area contributed by atoms with E-state index in [4.69, 9.17) is 0 Å². The summed E-state index contributed by atoms with van der Waals surface area (Å²) in [6.07, 6.45) is 8.05. The average Bonchev–Trinajstić information content (AvgIpc) is 3.25. The van der Waals surface area contributed by atoms with Gasteiger partial charge in [0, 0.05) is 44.4 Å². The minimum absolute atomic E-state index is 0.0233. The summed E-state index contributed by atoms with van der Waals surface area (Å²) in [5.74, 6) is 1.89. The van der Waals surface area contributed by atoms with Crippen LogP contribution < -0.4 is 5.32 Å². The normalized spacial score (nSPS) is 21.9. The standard InChI is InChI=1S/C24H41N5O2S2/c1-5-27(6-2)15-16-32-22-17-25-23(33-22)26-24(31)29(20-9-7-18(3)8-10-20)21-11-13-28(14-12-21)19(4)30/h17-18,20-21H,5-16H2,1-4H3,(H,25,26,31)/t18-,20-. The van der Waals surface area contributed by atoms with Crippen molar-refractivity contribution in [2.75, 3.05) is 43.8 Å². The largest absolute Gasteiger partial charge is 0.343 e. The van der Waals surface area contributed by atoms with Crippen LogP contribution in [0.4, 0.5) is 9.93 Å². The molecule has 0 spiro atoms. The molecule has 0 radical (unpaired) electrons. The van der Waals surface area contributed by atoms with Crippen LogP contribution in [0.5, 0.6) is 0 Å². The summed E-state index contributed by atoms with van der Waals surface area (Å²) in [5.41, 5.74) is 0. The van der Waals surface area contributed by atoms with Gasteiger partial charge in [-0.05, 0) is 57.5 Å². The van der Waals surface area contributed by atoms with Crippen molar-refractivity contribution in [3.63, 3.8) is 0 Å². The number of amides is 3. The zero-order valence-electron chi connectivity index (χ0n) is 20.7. The maximum Gasteiger partial charge on any atom is 0.324 e. The molecule has 1 aliphatic heterocycles. The second kappa shape index (κ2) is 13.0. The third-order valence-electron chi connectivity index (χ3n) is 7.16. The van der Waals surface area contributed by atoms with Crippen LogP contribution in [0.2, 0.25) is 0 Å². The lowest BCUT2D eigenvalue weighted by molar-refractivity contribution is -0.130. The van der Waals surface area contributed by atoms with Crippen molar-refractivity contribution in [3.8, 4) is 0 Å². The number of thioether (sulfide) groups is 1. The fraction of sp³-hybridized carbons (Fsp3) is 0.792. The van der Waals surface area contributed by atoms with Gasteiger partial charge < -0.3 is 14.7 Å². The molecule has 1 N–H and O–H groups in total. The van der Waals surface area contributed by atoms with E-state index >= 15 is 0 Å². The van der Waals surface area contributed by atoms with Crippen molar-refractivity contribution in [3.05, 3.63) is 6.20 Å². The highest BCUT2D eigenvalue weighted by molar-refractivity contribution is 8.01. The van der Waals surface area contributed by atoms with Gasteiger partial charge in [-0.1, -0.05) is 32.1 Å².